The highest BCUT2D eigenvalue weighted by Gasteiger charge is 2.45. The van der Waals surface area contributed by atoms with Gasteiger partial charge in [0.05, 0.1) is 0 Å². The van der Waals surface area contributed by atoms with E-state index in [9.17, 15) is 0 Å². The van der Waals surface area contributed by atoms with Crippen LogP contribution in [0.15, 0.2) is 12.7 Å². The van der Waals surface area contributed by atoms with Crippen LogP contribution in [0, 0.1) is 11.3 Å². The SMILES string of the molecule is C=CCCCCCCC1(C)CC1C. The predicted molar refractivity (Wildman–Crippen MR) is 59.8 cm³/mol. The Morgan fingerprint density at radius 1 is 1.31 bits per heavy atom. The van der Waals surface area contributed by atoms with Crippen LogP contribution in [-0.2, 0) is 0 Å². The maximum absolute atomic E-state index is 3.74. The first-order valence-corrected chi connectivity index (χ1v) is 5.80. The van der Waals surface area contributed by atoms with Crippen molar-refractivity contribution in [2.24, 2.45) is 11.3 Å². The molecule has 1 aliphatic rings. The fraction of sp³-hybridized carbons (Fsp3) is 0.846. The molecule has 0 saturated heterocycles. The Morgan fingerprint density at radius 2 is 1.92 bits per heavy atom. The quantitative estimate of drug-likeness (QED) is 0.398. The van der Waals surface area contributed by atoms with Gasteiger partial charge in [0, 0.05) is 0 Å². The first-order chi connectivity index (χ1) is 6.19. The summed E-state index contributed by atoms with van der Waals surface area (Å²) in [6.45, 7) is 8.57. The van der Waals surface area contributed by atoms with Gasteiger partial charge in [-0.05, 0) is 37.0 Å². The summed E-state index contributed by atoms with van der Waals surface area (Å²) in [6.07, 6.45) is 11.8. The molecule has 1 aliphatic carbocycles. The molecule has 0 aromatic carbocycles. The van der Waals surface area contributed by atoms with E-state index >= 15 is 0 Å². The van der Waals surface area contributed by atoms with Crippen LogP contribution in [0.2, 0.25) is 0 Å². The van der Waals surface area contributed by atoms with Crippen molar-refractivity contribution in [3.05, 3.63) is 12.7 Å². The lowest BCUT2D eigenvalue weighted by Gasteiger charge is -2.08. The minimum Gasteiger partial charge on any atom is -0.103 e. The maximum Gasteiger partial charge on any atom is -0.0297 e. The number of hydrogen-bond acceptors (Lipinski definition) is 0. The Kier molecular flexibility index (Phi) is 4.02. The molecule has 1 rings (SSSR count). The second-order valence-corrected chi connectivity index (χ2v) is 5.00. The molecule has 0 nitrogen and oxygen atoms in total. The Hall–Kier alpha value is -0.260. The van der Waals surface area contributed by atoms with E-state index in [1.807, 2.05) is 6.08 Å². The third-order valence-electron chi connectivity index (χ3n) is 3.71. The van der Waals surface area contributed by atoms with Crippen molar-refractivity contribution >= 4 is 0 Å². The molecule has 0 aromatic heterocycles. The van der Waals surface area contributed by atoms with Gasteiger partial charge in [0.25, 0.3) is 0 Å². The molecular formula is C13H24. The molecule has 0 amide bonds. The number of unbranched alkanes of at least 4 members (excludes halogenated alkanes) is 4. The molecule has 0 aromatic rings. The van der Waals surface area contributed by atoms with E-state index in [2.05, 4.69) is 20.4 Å². The van der Waals surface area contributed by atoms with Crippen LogP contribution >= 0.6 is 0 Å². The third kappa shape index (κ3) is 3.54. The van der Waals surface area contributed by atoms with Crippen LogP contribution in [0.4, 0.5) is 0 Å². The van der Waals surface area contributed by atoms with Crippen LogP contribution in [0.1, 0.15) is 58.8 Å². The van der Waals surface area contributed by atoms with Crippen LogP contribution in [-0.4, -0.2) is 0 Å². The van der Waals surface area contributed by atoms with Crippen LogP contribution in [0.5, 0.6) is 0 Å². The topological polar surface area (TPSA) is 0 Å². The van der Waals surface area contributed by atoms with Crippen molar-refractivity contribution in [3.8, 4) is 0 Å². The summed E-state index contributed by atoms with van der Waals surface area (Å²) >= 11 is 0. The lowest BCUT2D eigenvalue weighted by molar-refractivity contribution is 0.440. The van der Waals surface area contributed by atoms with Crippen molar-refractivity contribution in [1.82, 2.24) is 0 Å². The summed E-state index contributed by atoms with van der Waals surface area (Å²) in [5.41, 5.74) is 0.735. The number of hydrogen-bond donors (Lipinski definition) is 0. The van der Waals surface area contributed by atoms with Crippen molar-refractivity contribution < 1.29 is 0 Å². The Morgan fingerprint density at radius 3 is 2.46 bits per heavy atom. The average Bonchev–Trinajstić information content (AvgIpc) is 2.68. The molecule has 0 aliphatic heterocycles. The van der Waals surface area contributed by atoms with Crippen molar-refractivity contribution in [3.63, 3.8) is 0 Å². The molecule has 1 fully saturated rings. The van der Waals surface area contributed by atoms with Crippen LogP contribution in [0.25, 0.3) is 0 Å². The fourth-order valence-electron chi connectivity index (χ4n) is 2.16. The first-order valence-electron chi connectivity index (χ1n) is 5.80. The highest BCUT2D eigenvalue weighted by molar-refractivity contribution is 4.95. The normalized spacial score (nSPS) is 31.7. The van der Waals surface area contributed by atoms with E-state index in [4.69, 9.17) is 0 Å². The predicted octanol–water partition coefficient (Wildman–Crippen LogP) is 4.56. The molecule has 0 N–H and O–H groups in total. The van der Waals surface area contributed by atoms with Crippen LogP contribution in [0.3, 0.4) is 0 Å². The van der Waals surface area contributed by atoms with Gasteiger partial charge in [-0.15, -0.1) is 6.58 Å². The van der Waals surface area contributed by atoms with E-state index in [1.54, 1.807) is 0 Å². The first kappa shape index (κ1) is 10.8. The summed E-state index contributed by atoms with van der Waals surface area (Å²) in [5.74, 6) is 1.00. The van der Waals surface area contributed by atoms with Crippen molar-refractivity contribution in [2.45, 2.75) is 58.8 Å². The lowest BCUT2D eigenvalue weighted by atomic mass is 9.98. The van der Waals surface area contributed by atoms with Gasteiger partial charge in [-0.25, -0.2) is 0 Å². The van der Waals surface area contributed by atoms with E-state index in [1.165, 1.54) is 44.9 Å². The second kappa shape index (κ2) is 4.83. The standard InChI is InChI=1S/C13H24/c1-4-5-6-7-8-9-10-13(3)11-12(13)2/h4,12H,1,5-11H2,2-3H3. The van der Waals surface area contributed by atoms with E-state index in [0.717, 1.165) is 11.3 Å². The molecule has 0 heterocycles. The highest BCUT2D eigenvalue weighted by Crippen LogP contribution is 2.55. The summed E-state index contributed by atoms with van der Waals surface area (Å²) in [4.78, 5) is 0. The van der Waals surface area contributed by atoms with Crippen molar-refractivity contribution in [2.75, 3.05) is 0 Å². The fourth-order valence-corrected chi connectivity index (χ4v) is 2.16. The highest BCUT2D eigenvalue weighted by atomic mass is 14.5. The summed E-state index contributed by atoms with van der Waals surface area (Å²) in [7, 11) is 0. The molecule has 1 saturated carbocycles. The second-order valence-electron chi connectivity index (χ2n) is 5.00. The molecule has 0 radical (unpaired) electrons. The van der Waals surface area contributed by atoms with Gasteiger partial charge in [0.1, 0.15) is 0 Å². The van der Waals surface area contributed by atoms with Gasteiger partial charge in [0.15, 0.2) is 0 Å². The molecule has 2 atom stereocenters. The minimum atomic E-state index is 0.735. The maximum atomic E-state index is 3.74. The van der Waals surface area contributed by atoms with Gasteiger partial charge in [-0.2, -0.15) is 0 Å². The van der Waals surface area contributed by atoms with Gasteiger partial charge < -0.3 is 0 Å². The summed E-state index contributed by atoms with van der Waals surface area (Å²) < 4.78 is 0. The van der Waals surface area contributed by atoms with E-state index < -0.39 is 0 Å². The monoisotopic (exact) mass is 180 g/mol. The zero-order chi connectivity index (χ0) is 9.73. The van der Waals surface area contributed by atoms with Gasteiger partial charge >= 0.3 is 0 Å². The zero-order valence-electron chi connectivity index (χ0n) is 9.31. The van der Waals surface area contributed by atoms with E-state index in [0.29, 0.717) is 0 Å². The molecule has 0 bridgehead atoms. The molecule has 0 spiro atoms. The smallest absolute Gasteiger partial charge is 0.0297 e. The van der Waals surface area contributed by atoms with Gasteiger partial charge in [-0.3, -0.25) is 0 Å². The van der Waals surface area contributed by atoms with Crippen molar-refractivity contribution in [1.29, 1.82) is 0 Å². The molecule has 2 unspecified atom stereocenters. The summed E-state index contributed by atoms with van der Waals surface area (Å²) in [5, 5.41) is 0. The number of rotatable bonds is 7. The largest absolute Gasteiger partial charge is 0.103 e. The average molecular weight is 180 g/mol. The Bertz CT molecular complexity index is 159. The zero-order valence-corrected chi connectivity index (χ0v) is 9.31. The summed E-state index contributed by atoms with van der Waals surface area (Å²) in [6, 6.07) is 0. The molecule has 13 heavy (non-hydrogen) atoms. The third-order valence-corrected chi connectivity index (χ3v) is 3.71. The minimum absolute atomic E-state index is 0.735. The van der Waals surface area contributed by atoms with E-state index in [-0.39, 0.29) is 0 Å². The van der Waals surface area contributed by atoms with Crippen LogP contribution < -0.4 is 0 Å². The molecule has 0 heteroatoms. The lowest BCUT2D eigenvalue weighted by Crippen LogP contribution is -1.95. The van der Waals surface area contributed by atoms with Gasteiger partial charge in [0.2, 0.25) is 0 Å². The number of allylic oxidation sites excluding steroid dienone is 1. The Labute approximate surface area is 83.4 Å². The Balaban J connectivity index is 1.87. The molecular weight excluding hydrogens is 156 g/mol. The molecule has 76 valence electrons. The van der Waals surface area contributed by atoms with Gasteiger partial charge in [-0.1, -0.05) is 39.2 Å².